The number of fused-ring (bicyclic) bond motifs is 1. The van der Waals surface area contributed by atoms with Crippen LogP contribution in [0, 0.1) is 22.7 Å². The van der Waals surface area contributed by atoms with Crippen LogP contribution in [0.25, 0.3) is 0 Å². The van der Waals surface area contributed by atoms with E-state index >= 15 is 0 Å². The molecule has 0 fully saturated rings. The second-order valence-electron chi connectivity index (χ2n) is 5.32. The highest BCUT2D eigenvalue weighted by molar-refractivity contribution is 8.42. The fourth-order valence-electron chi connectivity index (χ4n) is 2.13. The summed E-state index contributed by atoms with van der Waals surface area (Å²) in [6.07, 6.45) is 2.36. The van der Waals surface area contributed by atoms with Crippen molar-refractivity contribution in [3.63, 3.8) is 0 Å². The van der Waals surface area contributed by atoms with Gasteiger partial charge in [-0.3, -0.25) is 0 Å². The van der Waals surface area contributed by atoms with Gasteiger partial charge in [-0.15, -0.1) is 23.5 Å². The van der Waals surface area contributed by atoms with Crippen LogP contribution >= 0.6 is 70.6 Å². The molecular weight excluding hydrogens is 437 g/mol. The summed E-state index contributed by atoms with van der Waals surface area (Å²) in [6.45, 7) is 4.44. The molecule has 0 N–H and O–H groups in total. The van der Waals surface area contributed by atoms with Gasteiger partial charge < -0.3 is 0 Å². The molecule has 8 heteroatoms. The lowest BCUT2D eigenvalue weighted by Gasteiger charge is -2.02. The molecule has 0 radical (unpaired) electrons. The summed E-state index contributed by atoms with van der Waals surface area (Å²) in [5.41, 5.74) is 0.933. The van der Waals surface area contributed by atoms with Gasteiger partial charge in [-0.1, -0.05) is 60.9 Å². The molecule has 2 aliphatic heterocycles. The van der Waals surface area contributed by atoms with Gasteiger partial charge in [0.25, 0.3) is 0 Å². The van der Waals surface area contributed by atoms with E-state index in [-0.39, 0.29) is 0 Å². The number of thioether (sulfide) groups is 6. The molecule has 0 unspecified atom stereocenters. The Labute approximate surface area is 180 Å². The Morgan fingerprint density at radius 1 is 0.769 bits per heavy atom. The predicted octanol–water partition coefficient (Wildman–Crippen LogP) is 7.65. The lowest BCUT2D eigenvalue weighted by Crippen LogP contribution is -1.84. The molecule has 1 aromatic rings. The molecule has 0 spiro atoms. The van der Waals surface area contributed by atoms with Gasteiger partial charge in [-0.05, 0) is 36.5 Å². The maximum absolute atomic E-state index is 9.24. The lowest BCUT2D eigenvalue weighted by atomic mass is 10.1. The van der Waals surface area contributed by atoms with Crippen LogP contribution in [0.1, 0.15) is 37.8 Å². The zero-order chi connectivity index (χ0) is 18.5. The summed E-state index contributed by atoms with van der Waals surface area (Å²) in [5, 5.41) is 18.5. The molecule has 2 nitrogen and oxygen atoms in total. The number of hydrogen-bond acceptors (Lipinski definition) is 8. The van der Waals surface area contributed by atoms with E-state index in [4.69, 9.17) is 0 Å². The maximum Gasteiger partial charge on any atom is 0.101 e. The minimum Gasteiger partial charge on any atom is -0.192 e. The van der Waals surface area contributed by atoms with Crippen molar-refractivity contribution >= 4 is 70.6 Å². The van der Waals surface area contributed by atoms with Gasteiger partial charge in [-0.2, -0.15) is 10.5 Å². The number of rotatable bonds is 6. The van der Waals surface area contributed by atoms with E-state index in [1.54, 1.807) is 23.5 Å². The van der Waals surface area contributed by atoms with Crippen molar-refractivity contribution in [2.45, 2.75) is 36.5 Å². The molecule has 0 aromatic heterocycles. The Kier molecular flexibility index (Phi) is 7.75. The quantitative estimate of drug-likeness (QED) is 0.436. The first-order valence-electron chi connectivity index (χ1n) is 8.13. The van der Waals surface area contributed by atoms with Crippen molar-refractivity contribution in [2.24, 2.45) is 0 Å². The normalized spacial score (nSPS) is 16.0. The van der Waals surface area contributed by atoms with E-state index in [1.165, 1.54) is 29.8 Å². The van der Waals surface area contributed by atoms with E-state index in [2.05, 4.69) is 26.0 Å². The zero-order valence-corrected chi connectivity index (χ0v) is 19.2. The largest absolute Gasteiger partial charge is 0.192 e. The first-order chi connectivity index (χ1) is 12.7. The fraction of sp³-hybridized carbons (Fsp3) is 0.333. The summed E-state index contributed by atoms with van der Waals surface area (Å²) in [7, 11) is 0. The van der Waals surface area contributed by atoms with Gasteiger partial charge in [0.2, 0.25) is 0 Å². The van der Waals surface area contributed by atoms with Crippen molar-refractivity contribution in [2.75, 3.05) is 11.5 Å². The Balaban J connectivity index is 1.82. The molecular formula is C18H16N2S6. The first-order valence-corrected chi connectivity index (χ1v) is 13.4. The average Bonchev–Trinajstić information content (AvgIpc) is 3.26. The number of benzene rings is 1. The third kappa shape index (κ3) is 4.60. The molecule has 0 saturated carbocycles. The SMILES string of the molecule is CCCSC1=C(SCCC)SC(=C2Sc3cc(C#N)c(C#N)cc3S2)S1. The van der Waals surface area contributed by atoms with Gasteiger partial charge >= 0.3 is 0 Å². The minimum absolute atomic E-state index is 0.467. The van der Waals surface area contributed by atoms with Gasteiger partial charge in [0, 0.05) is 9.79 Å². The van der Waals surface area contributed by atoms with Crippen molar-refractivity contribution < 1.29 is 0 Å². The number of nitrogens with zero attached hydrogens (tertiary/aromatic N) is 2. The Hall–Kier alpha value is -0.220. The molecule has 134 valence electrons. The predicted molar refractivity (Wildman–Crippen MR) is 122 cm³/mol. The molecule has 2 heterocycles. The van der Waals surface area contributed by atoms with E-state index in [0.29, 0.717) is 11.1 Å². The summed E-state index contributed by atoms with van der Waals surface area (Å²) < 4.78 is 5.48. The topological polar surface area (TPSA) is 47.6 Å². The van der Waals surface area contributed by atoms with E-state index in [9.17, 15) is 10.5 Å². The zero-order valence-electron chi connectivity index (χ0n) is 14.3. The molecule has 0 saturated heterocycles. The molecule has 0 bridgehead atoms. The summed E-state index contributed by atoms with van der Waals surface area (Å²) >= 11 is 11.2. The number of hydrogen-bond donors (Lipinski definition) is 0. The third-order valence-electron chi connectivity index (χ3n) is 3.31. The monoisotopic (exact) mass is 452 g/mol. The minimum atomic E-state index is 0.467. The molecule has 2 aliphatic rings. The second kappa shape index (κ2) is 9.82. The van der Waals surface area contributed by atoms with Crippen LogP contribution < -0.4 is 0 Å². The summed E-state index contributed by atoms with van der Waals surface area (Å²) in [6, 6.07) is 7.98. The highest BCUT2D eigenvalue weighted by Gasteiger charge is 2.29. The maximum atomic E-state index is 9.24. The molecule has 0 amide bonds. The average molecular weight is 453 g/mol. The molecule has 0 aliphatic carbocycles. The van der Waals surface area contributed by atoms with Gasteiger partial charge in [0.15, 0.2) is 0 Å². The van der Waals surface area contributed by atoms with Crippen molar-refractivity contribution in [1.82, 2.24) is 0 Å². The van der Waals surface area contributed by atoms with Crippen molar-refractivity contribution in [1.29, 1.82) is 10.5 Å². The van der Waals surface area contributed by atoms with Crippen LogP contribution in [0.4, 0.5) is 0 Å². The van der Waals surface area contributed by atoms with Crippen LogP contribution in [0.2, 0.25) is 0 Å². The third-order valence-corrected chi connectivity index (χ3v) is 12.3. The standard InChI is InChI=1S/C18H16N2S6/c1-3-5-21-15-16(22-6-4-2)26-18(25-15)17-23-13-7-11(9-19)12(10-20)8-14(13)24-17/h7-8H,3-6H2,1-2H3. The smallest absolute Gasteiger partial charge is 0.101 e. The van der Waals surface area contributed by atoms with Crippen LogP contribution in [-0.4, -0.2) is 11.5 Å². The van der Waals surface area contributed by atoms with Crippen molar-refractivity contribution in [3.05, 3.63) is 40.2 Å². The van der Waals surface area contributed by atoms with Crippen LogP contribution in [0.3, 0.4) is 0 Å². The first kappa shape index (κ1) is 20.5. The highest BCUT2D eigenvalue weighted by atomic mass is 32.3. The second-order valence-corrected chi connectivity index (χ2v) is 12.7. The van der Waals surface area contributed by atoms with E-state index < -0.39 is 0 Å². The van der Waals surface area contributed by atoms with Gasteiger partial charge in [0.1, 0.15) is 12.1 Å². The van der Waals surface area contributed by atoms with E-state index in [1.807, 2.05) is 59.2 Å². The van der Waals surface area contributed by atoms with Crippen LogP contribution in [0.15, 0.2) is 38.9 Å². The molecule has 0 atom stereocenters. The van der Waals surface area contributed by atoms with Gasteiger partial charge in [-0.25, -0.2) is 0 Å². The number of nitriles is 2. The molecule has 26 heavy (non-hydrogen) atoms. The van der Waals surface area contributed by atoms with Crippen LogP contribution in [-0.2, 0) is 0 Å². The summed E-state index contributed by atoms with van der Waals surface area (Å²) in [5.74, 6) is 2.30. The van der Waals surface area contributed by atoms with Gasteiger partial charge in [0.05, 0.1) is 28.1 Å². The van der Waals surface area contributed by atoms with Crippen molar-refractivity contribution in [3.8, 4) is 12.1 Å². The Bertz CT molecular complexity index is 793. The molecule has 3 rings (SSSR count). The fourth-order valence-corrected chi connectivity index (χ4v) is 10.7. The Morgan fingerprint density at radius 2 is 1.19 bits per heavy atom. The lowest BCUT2D eigenvalue weighted by molar-refractivity contribution is 1.11. The van der Waals surface area contributed by atoms with Crippen LogP contribution in [0.5, 0.6) is 0 Å². The Morgan fingerprint density at radius 3 is 1.58 bits per heavy atom. The van der Waals surface area contributed by atoms with E-state index in [0.717, 1.165) is 21.3 Å². The summed E-state index contributed by atoms with van der Waals surface area (Å²) in [4.78, 5) is 2.18. The highest BCUT2D eigenvalue weighted by Crippen LogP contribution is 2.64. The molecule has 1 aromatic carbocycles.